The minimum absolute atomic E-state index is 0.170. The molecule has 0 aliphatic carbocycles. The Labute approximate surface area is 132 Å². The fourth-order valence-electron chi connectivity index (χ4n) is 1.89. The van der Waals surface area contributed by atoms with Crippen LogP contribution in [0.3, 0.4) is 0 Å². The highest BCUT2D eigenvalue weighted by atomic mass is 16.5. The van der Waals surface area contributed by atoms with E-state index in [9.17, 15) is 9.59 Å². The van der Waals surface area contributed by atoms with Crippen LogP contribution in [0.4, 0.5) is 0 Å². The number of furan rings is 1. The van der Waals surface area contributed by atoms with Gasteiger partial charge in [0.2, 0.25) is 0 Å². The van der Waals surface area contributed by atoms with Crippen LogP contribution in [0.1, 0.15) is 16.1 Å². The molecule has 116 valence electrons. The van der Waals surface area contributed by atoms with Gasteiger partial charge in [-0.1, -0.05) is 12.1 Å². The lowest BCUT2D eigenvalue weighted by atomic mass is 10.1. The molecule has 0 amide bonds. The second-order valence-electron chi connectivity index (χ2n) is 4.44. The molecule has 0 spiro atoms. The summed E-state index contributed by atoms with van der Waals surface area (Å²) < 4.78 is 14.7. The lowest BCUT2D eigenvalue weighted by Crippen LogP contribution is -2.02. The van der Waals surface area contributed by atoms with E-state index < -0.39 is 11.9 Å². The Kier molecular flexibility index (Phi) is 4.95. The number of hydrogen-bond acceptors (Lipinski definition) is 6. The third-order valence-electron chi connectivity index (χ3n) is 3.01. The molecule has 2 rings (SSSR count). The SMILES string of the molecule is COC(=O)/C(C#N)=C\c1ccc(-c2cccc(C(=O)OC)c2)o1. The summed E-state index contributed by atoms with van der Waals surface area (Å²) >= 11 is 0. The summed E-state index contributed by atoms with van der Waals surface area (Å²) in [6, 6.07) is 11.8. The maximum absolute atomic E-state index is 11.5. The van der Waals surface area contributed by atoms with Crippen molar-refractivity contribution in [2.45, 2.75) is 0 Å². The Hall–Kier alpha value is -3.33. The number of carbonyl (C=O) groups excluding carboxylic acids is 2. The molecule has 2 aromatic rings. The highest BCUT2D eigenvalue weighted by molar-refractivity contribution is 5.97. The van der Waals surface area contributed by atoms with Gasteiger partial charge in [-0.3, -0.25) is 0 Å². The van der Waals surface area contributed by atoms with E-state index in [-0.39, 0.29) is 5.57 Å². The van der Waals surface area contributed by atoms with Crippen LogP contribution in [0.25, 0.3) is 17.4 Å². The number of benzene rings is 1. The van der Waals surface area contributed by atoms with Crippen molar-refractivity contribution in [3.05, 3.63) is 53.3 Å². The van der Waals surface area contributed by atoms with Gasteiger partial charge in [0.15, 0.2) is 0 Å². The van der Waals surface area contributed by atoms with E-state index >= 15 is 0 Å². The zero-order valence-electron chi connectivity index (χ0n) is 12.5. The lowest BCUT2D eigenvalue weighted by Gasteiger charge is -2.01. The Morgan fingerprint density at radius 1 is 1.17 bits per heavy atom. The van der Waals surface area contributed by atoms with Crippen molar-refractivity contribution in [1.29, 1.82) is 5.26 Å². The topological polar surface area (TPSA) is 89.5 Å². The van der Waals surface area contributed by atoms with E-state index in [0.717, 1.165) is 0 Å². The maximum atomic E-state index is 11.5. The number of esters is 2. The minimum atomic E-state index is -0.738. The van der Waals surface area contributed by atoms with E-state index in [4.69, 9.17) is 9.68 Å². The first kappa shape index (κ1) is 16.0. The van der Waals surface area contributed by atoms with Gasteiger partial charge in [-0.2, -0.15) is 5.26 Å². The first-order valence-corrected chi connectivity index (χ1v) is 6.57. The molecule has 1 aromatic heterocycles. The van der Waals surface area contributed by atoms with Gasteiger partial charge in [-0.05, 0) is 24.3 Å². The summed E-state index contributed by atoms with van der Waals surface area (Å²) in [4.78, 5) is 22.9. The molecule has 1 heterocycles. The highest BCUT2D eigenvalue weighted by Crippen LogP contribution is 2.24. The van der Waals surface area contributed by atoms with E-state index in [2.05, 4.69) is 9.47 Å². The van der Waals surface area contributed by atoms with Gasteiger partial charge in [-0.25, -0.2) is 9.59 Å². The number of nitrogens with zero attached hydrogens (tertiary/aromatic N) is 1. The van der Waals surface area contributed by atoms with Crippen LogP contribution in [0.15, 0.2) is 46.4 Å². The third-order valence-corrected chi connectivity index (χ3v) is 3.01. The smallest absolute Gasteiger partial charge is 0.348 e. The molecule has 0 aliphatic heterocycles. The lowest BCUT2D eigenvalue weighted by molar-refractivity contribution is -0.135. The second kappa shape index (κ2) is 7.09. The van der Waals surface area contributed by atoms with Crippen LogP contribution >= 0.6 is 0 Å². The van der Waals surface area contributed by atoms with Crippen LogP contribution in [0.2, 0.25) is 0 Å². The first-order chi connectivity index (χ1) is 11.1. The van der Waals surface area contributed by atoms with Crippen molar-refractivity contribution in [2.24, 2.45) is 0 Å². The van der Waals surface area contributed by atoms with Gasteiger partial charge in [0, 0.05) is 11.6 Å². The van der Waals surface area contributed by atoms with Crippen molar-refractivity contribution >= 4 is 18.0 Å². The van der Waals surface area contributed by atoms with Crippen LogP contribution in [0, 0.1) is 11.3 Å². The Bertz CT molecular complexity index is 810. The van der Waals surface area contributed by atoms with E-state index in [1.54, 1.807) is 42.5 Å². The summed E-state index contributed by atoms with van der Waals surface area (Å²) in [5, 5.41) is 8.93. The fraction of sp³-hybridized carbons (Fsp3) is 0.118. The molecule has 0 bridgehead atoms. The van der Waals surface area contributed by atoms with Crippen molar-refractivity contribution in [3.8, 4) is 17.4 Å². The summed E-state index contributed by atoms with van der Waals surface area (Å²) in [6.07, 6.45) is 1.29. The molecule has 0 saturated heterocycles. The predicted molar refractivity (Wildman–Crippen MR) is 81.1 cm³/mol. The van der Waals surface area contributed by atoms with Crippen molar-refractivity contribution in [3.63, 3.8) is 0 Å². The Balaban J connectivity index is 2.33. The number of hydrogen-bond donors (Lipinski definition) is 0. The highest BCUT2D eigenvalue weighted by Gasteiger charge is 2.12. The van der Waals surface area contributed by atoms with Crippen molar-refractivity contribution in [1.82, 2.24) is 0 Å². The molecule has 0 saturated carbocycles. The molecular weight excluding hydrogens is 298 g/mol. The normalized spacial score (nSPS) is 10.7. The van der Waals surface area contributed by atoms with Crippen molar-refractivity contribution < 1.29 is 23.5 Å². The summed E-state index contributed by atoms with van der Waals surface area (Å²) in [7, 11) is 2.50. The van der Waals surface area contributed by atoms with Gasteiger partial charge in [0.1, 0.15) is 23.2 Å². The van der Waals surface area contributed by atoms with E-state index in [1.165, 1.54) is 20.3 Å². The monoisotopic (exact) mass is 311 g/mol. The van der Waals surface area contributed by atoms with Crippen LogP contribution in [0.5, 0.6) is 0 Å². The second-order valence-corrected chi connectivity index (χ2v) is 4.44. The molecule has 1 aromatic carbocycles. The van der Waals surface area contributed by atoms with Gasteiger partial charge in [-0.15, -0.1) is 0 Å². The van der Waals surface area contributed by atoms with Gasteiger partial charge >= 0.3 is 11.9 Å². The standard InChI is InChI=1S/C17H13NO5/c1-21-16(19)12-5-3-4-11(8-12)15-7-6-14(23-15)9-13(10-18)17(20)22-2/h3-9H,1-2H3/b13-9-. The molecule has 0 N–H and O–H groups in total. The Morgan fingerprint density at radius 3 is 2.61 bits per heavy atom. The summed E-state index contributed by atoms with van der Waals surface area (Å²) in [6.45, 7) is 0. The number of rotatable bonds is 4. The summed E-state index contributed by atoms with van der Waals surface area (Å²) in [5.41, 5.74) is 0.895. The Morgan fingerprint density at radius 2 is 1.96 bits per heavy atom. The first-order valence-electron chi connectivity index (χ1n) is 6.57. The zero-order valence-corrected chi connectivity index (χ0v) is 12.5. The number of nitriles is 1. The minimum Gasteiger partial charge on any atom is -0.465 e. The van der Waals surface area contributed by atoms with Gasteiger partial charge in [0.05, 0.1) is 19.8 Å². The number of ether oxygens (including phenoxy) is 2. The maximum Gasteiger partial charge on any atom is 0.348 e. The average molecular weight is 311 g/mol. The predicted octanol–water partition coefficient (Wildman–Crippen LogP) is 2.81. The fourth-order valence-corrected chi connectivity index (χ4v) is 1.89. The zero-order chi connectivity index (χ0) is 16.8. The number of methoxy groups -OCH3 is 2. The largest absolute Gasteiger partial charge is 0.465 e. The molecular formula is C17H13NO5. The van der Waals surface area contributed by atoms with E-state index in [1.807, 2.05) is 0 Å². The van der Waals surface area contributed by atoms with E-state index in [0.29, 0.717) is 22.6 Å². The molecule has 0 atom stereocenters. The van der Waals surface area contributed by atoms with Crippen LogP contribution in [-0.4, -0.2) is 26.2 Å². The van der Waals surface area contributed by atoms with Gasteiger partial charge < -0.3 is 13.9 Å². The molecule has 0 radical (unpaired) electrons. The number of carbonyl (C=O) groups is 2. The van der Waals surface area contributed by atoms with Crippen molar-refractivity contribution in [2.75, 3.05) is 14.2 Å². The van der Waals surface area contributed by atoms with Crippen LogP contribution < -0.4 is 0 Å². The quantitative estimate of drug-likeness (QED) is 0.490. The average Bonchev–Trinajstić information content (AvgIpc) is 3.07. The summed E-state index contributed by atoms with van der Waals surface area (Å²) in [5.74, 6) is -0.372. The molecule has 0 fully saturated rings. The van der Waals surface area contributed by atoms with Crippen LogP contribution in [-0.2, 0) is 14.3 Å². The molecule has 0 unspecified atom stereocenters. The molecule has 23 heavy (non-hydrogen) atoms. The molecule has 6 heteroatoms. The molecule has 6 nitrogen and oxygen atoms in total. The van der Waals surface area contributed by atoms with Gasteiger partial charge in [0.25, 0.3) is 0 Å². The molecule has 0 aliphatic rings. The third kappa shape index (κ3) is 3.66.